The predicted octanol–water partition coefficient (Wildman–Crippen LogP) is 2.38. The third-order valence-corrected chi connectivity index (χ3v) is 3.71. The summed E-state index contributed by atoms with van der Waals surface area (Å²) in [5, 5.41) is 14.0. The van der Waals surface area contributed by atoms with Crippen LogP contribution in [0.2, 0.25) is 0 Å². The first-order valence-electron chi connectivity index (χ1n) is 7.37. The van der Waals surface area contributed by atoms with Crippen LogP contribution in [0.1, 0.15) is 56.6 Å². The fourth-order valence-electron chi connectivity index (χ4n) is 2.58. The molecule has 0 atom stereocenters. The molecule has 3 rings (SSSR count). The molecule has 2 heterocycles. The van der Waals surface area contributed by atoms with Crippen LogP contribution in [-0.2, 0) is 17.7 Å². The quantitative estimate of drug-likeness (QED) is 0.795. The Balaban J connectivity index is 1.82. The van der Waals surface area contributed by atoms with Gasteiger partial charge in [-0.25, -0.2) is 4.79 Å². The van der Waals surface area contributed by atoms with E-state index in [9.17, 15) is 10.1 Å². The second-order valence-electron chi connectivity index (χ2n) is 6.71. The monoisotopic (exact) mass is 288 g/mol. The fourth-order valence-corrected chi connectivity index (χ4v) is 2.58. The number of rotatable bonds is 1. The maximum absolute atomic E-state index is 12.2. The molecule has 1 aliphatic heterocycles. The zero-order chi connectivity index (χ0) is 15.2. The van der Waals surface area contributed by atoms with Crippen molar-refractivity contribution in [2.45, 2.75) is 58.2 Å². The Morgan fingerprint density at radius 1 is 1.43 bits per heavy atom. The summed E-state index contributed by atoms with van der Waals surface area (Å²) in [5.41, 5.74) is 1.95. The number of nitriles is 1. The van der Waals surface area contributed by atoms with E-state index >= 15 is 0 Å². The van der Waals surface area contributed by atoms with Gasteiger partial charge in [0.25, 0.3) is 0 Å². The molecule has 1 fully saturated rings. The number of nitrogens with zero attached hydrogens (tertiary/aromatic N) is 4. The van der Waals surface area contributed by atoms with E-state index in [1.165, 1.54) is 0 Å². The van der Waals surface area contributed by atoms with E-state index < -0.39 is 5.60 Å². The van der Waals surface area contributed by atoms with Crippen molar-refractivity contribution < 1.29 is 9.53 Å². The Morgan fingerprint density at radius 2 is 2.14 bits per heavy atom. The lowest BCUT2D eigenvalue weighted by Gasteiger charge is -2.29. The SMILES string of the molecule is CC(C)(C)OC(=O)N1CCc2nn(C3CC3)c(C#N)c2C1. The average Bonchev–Trinajstić information content (AvgIpc) is 3.17. The van der Waals surface area contributed by atoms with Crippen LogP contribution in [-0.4, -0.2) is 32.9 Å². The summed E-state index contributed by atoms with van der Waals surface area (Å²) in [6, 6.07) is 2.63. The molecule has 0 bridgehead atoms. The van der Waals surface area contributed by atoms with E-state index in [0.29, 0.717) is 31.2 Å². The van der Waals surface area contributed by atoms with Crippen LogP contribution in [0.15, 0.2) is 0 Å². The summed E-state index contributed by atoms with van der Waals surface area (Å²) in [4.78, 5) is 13.8. The second kappa shape index (κ2) is 4.76. The van der Waals surface area contributed by atoms with Gasteiger partial charge in [-0.2, -0.15) is 10.4 Å². The number of fused-ring (bicyclic) bond motifs is 1. The van der Waals surface area contributed by atoms with Crippen molar-refractivity contribution in [1.82, 2.24) is 14.7 Å². The summed E-state index contributed by atoms with van der Waals surface area (Å²) in [6.07, 6.45) is 2.54. The lowest BCUT2D eigenvalue weighted by molar-refractivity contribution is 0.0223. The van der Waals surface area contributed by atoms with Crippen molar-refractivity contribution >= 4 is 6.09 Å². The summed E-state index contributed by atoms with van der Waals surface area (Å²) < 4.78 is 7.26. The maximum Gasteiger partial charge on any atom is 0.410 e. The number of hydrogen-bond donors (Lipinski definition) is 0. The van der Waals surface area contributed by atoms with Gasteiger partial charge in [-0.15, -0.1) is 0 Å². The molecule has 0 aromatic carbocycles. The Kier molecular flexibility index (Phi) is 3.16. The van der Waals surface area contributed by atoms with E-state index in [4.69, 9.17) is 4.74 Å². The first-order valence-corrected chi connectivity index (χ1v) is 7.37. The standard InChI is InChI=1S/C15H20N4O2/c1-15(2,3)21-14(20)18-7-6-12-11(9-18)13(8-16)19(17-12)10-4-5-10/h10H,4-7,9H2,1-3H3. The van der Waals surface area contributed by atoms with Gasteiger partial charge in [0.2, 0.25) is 0 Å². The van der Waals surface area contributed by atoms with Crippen LogP contribution in [0.5, 0.6) is 0 Å². The van der Waals surface area contributed by atoms with Crippen molar-refractivity contribution in [2.75, 3.05) is 6.54 Å². The van der Waals surface area contributed by atoms with E-state index in [1.807, 2.05) is 25.5 Å². The lowest BCUT2D eigenvalue weighted by Crippen LogP contribution is -2.39. The van der Waals surface area contributed by atoms with Crippen molar-refractivity contribution in [2.24, 2.45) is 0 Å². The van der Waals surface area contributed by atoms with E-state index in [1.54, 1.807) is 4.90 Å². The van der Waals surface area contributed by atoms with Crippen LogP contribution < -0.4 is 0 Å². The molecular weight excluding hydrogens is 268 g/mol. The largest absolute Gasteiger partial charge is 0.444 e. The Hall–Kier alpha value is -2.03. The molecular formula is C15H20N4O2. The second-order valence-corrected chi connectivity index (χ2v) is 6.71. The first kappa shape index (κ1) is 13.9. The third-order valence-electron chi connectivity index (χ3n) is 3.71. The van der Waals surface area contributed by atoms with E-state index in [2.05, 4.69) is 11.2 Å². The zero-order valence-electron chi connectivity index (χ0n) is 12.7. The minimum atomic E-state index is -0.506. The molecule has 0 radical (unpaired) electrons. The van der Waals surface area contributed by atoms with Gasteiger partial charge in [-0.05, 0) is 33.6 Å². The molecule has 6 heteroatoms. The fraction of sp³-hybridized carbons (Fsp3) is 0.667. The van der Waals surface area contributed by atoms with Gasteiger partial charge in [0, 0.05) is 18.5 Å². The van der Waals surface area contributed by atoms with Crippen LogP contribution in [0, 0.1) is 11.3 Å². The number of carbonyl (C=O) groups is 1. The van der Waals surface area contributed by atoms with Crippen LogP contribution >= 0.6 is 0 Å². The predicted molar refractivity (Wildman–Crippen MR) is 75.6 cm³/mol. The maximum atomic E-state index is 12.2. The molecule has 2 aliphatic rings. The van der Waals surface area contributed by atoms with Crippen molar-refractivity contribution in [3.8, 4) is 6.07 Å². The minimum absolute atomic E-state index is 0.323. The molecule has 1 amide bonds. The molecule has 1 aromatic rings. The van der Waals surface area contributed by atoms with Gasteiger partial charge in [-0.3, -0.25) is 4.68 Å². The zero-order valence-corrected chi connectivity index (χ0v) is 12.7. The molecule has 112 valence electrons. The van der Waals surface area contributed by atoms with Gasteiger partial charge in [-0.1, -0.05) is 0 Å². The Morgan fingerprint density at radius 3 is 2.71 bits per heavy atom. The topological polar surface area (TPSA) is 71.2 Å². The first-order chi connectivity index (χ1) is 9.89. The van der Waals surface area contributed by atoms with Crippen LogP contribution in [0.4, 0.5) is 4.79 Å². The van der Waals surface area contributed by atoms with E-state index in [-0.39, 0.29) is 6.09 Å². The normalized spacial score (nSPS) is 18.1. The highest BCUT2D eigenvalue weighted by atomic mass is 16.6. The molecule has 6 nitrogen and oxygen atoms in total. The van der Waals surface area contributed by atoms with Gasteiger partial charge in [0.1, 0.15) is 17.4 Å². The molecule has 0 unspecified atom stereocenters. The highest BCUT2D eigenvalue weighted by molar-refractivity contribution is 5.68. The summed E-state index contributed by atoms with van der Waals surface area (Å²) in [5.74, 6) is 0. The number of ether oxygens (including phenoxy) is 1. The van der Waals surface area contributed by atoms with Crippen LogP contribution in [0.3, 0.4) is 0 Å². The summed E-state index contributed by atoms with van der Waals surface area (Å²) in [7, 11) is 0. The highest BCUT2D eigenvalue weighted by Crippen LogP contribution is 2.37. The molecule has 0 saturated heterocycles. The molecule has 1 saturated carbocycles. The summed E-state index contributed by atoms with van der Waals surface area (Å²) in [6.45, 7) is 6.57. The minimum Gasteiger partial charge on any atom is -0.444 e. The van der Waals surface area contributed by atoms with Gasteiger partial charge >= 0.3 is 6.09 Å². The molecule has 0 N–H and O–H groups in total. The smallest absolute Gasteiger partial charge is 0.410 e. The van der Waals surface area contributed by atoms with Gasteiger partial charge in [0.15, 0.2) is 0 Å². The van der Waals surface area contributed by atoms with Gasteiger partial charge in [0.05, 0.1) is 18.3 Å². The lowest BCUT2D eigenvalue weighted by atomic mass is 10.1. The summed E-state index contributed by atoms with van der Waals surface area (Å²) >= 11 is 0. The van der Waals surface area contributed by atoms with Crippen molar-refractivity contribution in [3.63, 3.8) is 0 Å². The molecule has 0 spiro atoms. The Labute approximate surface area is 124 Å². The van der Waals surface area contributed by atoms with Crippen LogP contribution in [0.25, 0.3) is 0 Å². The number of carbonyl (C=O) groups excluding carboxylic acids is 1. The number of hydrogen-bond acceptors (Lipinski definition) is 4. The number of aromatic nitrogens is 2. The molecule has 1 aliphatic carbocycles. The highest BCUT2D eigenvalue weighted by Gasteiger charge is 2.34. The average molecular weight is 288 g/mol. The Bertz CT molecular complexity index is 617. The molecule has 21 heavy (non-hydrogen) atoms. The number of amides is 1. The van der Waals surface area contributed by atoms with Crippen molar-refractivity contribution in [3.05, 3.63) is 17.0 Å². The van der Waals surface area contributed by atoms with E-state index in [0.717, 1.165) is 24.1 Å². The molecule has 1 aromatic heterocycles. The van der Waals surface area contributed by atoms with Crippen molar-refractivity contribution in [1.29, 1.82) is 5.26 Å². The van der Waals surface area contributed by atoms with Gasteiger partial charge < -0.3 is 9.64 Å². The third kappa shape index (κ3) is 2.73.